The van der Waals surface area contributed by atoms with E-state index in [-0.39, 0.29) is 12.5 Å². The van der Waals surface area contributed by atoms with Gasteiger partial charge in [0.05, 0.1) is 42.7 Å². The number of methoxy groups -OCH3 is 2. The molecule has 7 nitrogen and oxygen atoms in total. The number of aryl methyl sites for hydroxylation is 1. The summed E-state index contributed by atoms with van der Waals surface area (Å²) in [5.41, 5.74) is 7.44. The largest absolute Gasteiger partial charge is 0.495 e. The normalized spacial score (nSPS) is 10.2. The quantitative estimate of drug-likeness (QED) is 0.688. The average molecular weight is 378 g/mol. The molecule has 26 heavy (non-hydrogen) atoms. The summed E-state index contributed by atoms with van der Waals surface area (Å²) in [6, 6.07) is 8.27. The van der Waals surface area contributed by atoms with Crippen molar-refractivity contribution in [1.82, 2.24) is 0 Å². The first-order valence-corrected chi connectivity index (χ1v) is 8.09. The average Bonchev–Trinajstić information content (AvgIpc) is 2.61. The highest BCUT2D eigenvalue weighted by molar-refractivity contribution is 6.32. The maximum Gasteiger partial charge on any atom is 0.250 e. The molecular weight excluding hydrogens is 358 g/mol. The Morgan fingerprint density at radius 1 is 1.15 bits per heavy atom. The zero-order valence-electron chi connectivity index (χ0n) is 14.7. The zero-order valence-corrected chi connectivity index (χ0v) is 15.4. The van der Waals surface area contributed by atoms with Crippen molar-refractivity contribution in [2.45, 2.75) is 6.92 Å². The molecule has 0 radical (unpaired) electrons. The van der Waals surface area contributed by atoms with Crippen molar-refractivity contribution in [3.63, 3.8) is 0 Å². The van der Waals surface area contributed by atoms with Crippen LogP contribution >= 0.6 is 11.6 Å². The highest BCUT2D eigenvalue weighted by atomic mass is 35.5. The zero-order chi connectivity index (χ0) is 19.3. The molecule has 138 valence electrons. The van der Waals surface area contributed by atoms with Crippen molar-refractivity contribution < 1.29 is 19.1 Å². The number of hydrogen-bond donors (Lipinski definition) is 3. The van der Waals surface area contributed by atoms with Crippen molar-refractivity contribution >= 4 is 34.8 Å². The summed E-state index contributed by atoms with van der Waals surface area (Å²) < 4.78 is 10.4. The van der Waals surface area contributed by atoms with Gasteiger partial charge in [0.25, 0.3) is 5.91 Å². The van der Waals surface area contributed by atoms with E-state index in [2.05, 4.69) is 10.6 Å². The highest BCUT2D eigenvalue weighted by Gasteiger charge is 2.14. The third-order valence-corrected chi connectivity index (χ3v) is 4.01. The van der Waals surface area contributed by atoms with Crippen molar-refractivity contribution in [3.8, 4) is 11.5 Å². The fraction of sp³-hybridized carbons (Fsp3) is 0.222. The lowest BCUT2D eigenvalue weighted by atomic mass is 10.1. The van der Waals surface area contributed by atoms with E-state index in [1.807, 2.05) is 13.0 Å². The van der Waals surface area contributed by atoms with Crippen LogP contribution in [0.5, 0.6) is 11.5 Å². The lowest BCUT2D eigenvalue weighted by Crippen LogP contribution is -2.24. The van der Waals surface area contributed by atoms with E-state index in [0.717, 1.165) is 5.56 Å². The number of primary amides is 1. The molecule has 0 saturated carbocycles. The van der Waals surface area contributed by atoms with Crippen LogP contribution in [0.4, 0.5) is 11.4 Å². The first-order chi connectivity index (χ1) is 12.4. The molecule has 0 bridgehead atoms. The molecule has 0 saturated heterocycles. The number of nitrogens with one attached hydrogen (secondary N) is 2. The van der Waals surface area contributed by atoms with Crippen molar-refractivity contribution in [3.05, 3.63) is 46.5 Å². The molecule has 0 atom stereocenters. The third kappa shape index (κ3) is 4.37. The second kappa shape index (κ2) is 8.44. The van der Waals surface area contributed by atoms with Gasteiger partial charge in [0.2, 0.25) is 5.91 Å². The fourth-order valence-electron chi connectivity index (χ4n) is 2.43. The van der Waals surface area contributed by atoms with Gasteiger partial charge in [-0.25, -0.2) is 0 Å². The Hall–Kier alpha value is -2.93. The van der Waals surface area contributed by atoms with Crippen LogP contribution in [0, 0.1) is 6.92 Å². The maximum absolute atomic E-state index is 12.3. The molecule has 2 amide bonds. The molecule has 0 unspecified atom stereocenters. The van der Waals surface area contributed by atoms with Crippen molar-refractivity contribution in [1.29, 1.82) is 0 Å². The summed E-state index contributed by atoms with van der Waals surface area (Å²) in [6.45, 7) is 1.75. The summed E-state index contributed by atoms with van der Waals surface area (Å²) >= 11 is 6.05. The third-order valence-electron chi connectivity index (χ3n) is 3.71. The van der Waals surface area contributed by atoms with Crippen LogP contribution in [-0.2, 0) is 4.79 Å². The highest BCUT2D eigenvalue weighted by Crippen LogP contribution is 2.35. The molecule has 0 aliphatic carbocycles. The summed E-state index contributed by atoms with van der Waals surface area (Å²) in [6.07, 6.45) is 0. The number of rotatable bonds is 7. The number of carbonyl (C=O) groups is 2. The lowest BCUT2D eigenvalue weighted by Gasteiger charge is -2.15. The van der Waals surface area contributed by atoms with Gasteiger partial charge in [0.1, 0.15) is 11.5 Å². The van der Waals surface area contributed by atoms with Gasteiger partial charge < -0.3 is 25.8 Å². The predicted octanol–water partition coefficient (Wildman–Crippen LogP) is 2.82. The summed E-state index contributed by atoms with van der Waals surface area (Å²) in [7, 11) is 2.95. The number of hydrogen-bond acceptors (Lipinski definition) is 5. The Morgan fingerprint density at radius 2 is 1.85 bits per heavy atom. The fourth-order valence-corrected chi connectivity index (χ4v) is 2.66. The Balaban J connectivity index is 2.15. The summed E-state index contributed by atoms with van der Waals surface area (Å²) in [5, 5.41) is 6.04. The van der Waals surface area contributed by atoms with E-state index in [1.165, 1.54) is 14.2 Å². The molecule has 2 aromatic carbocycles. The van der Waals surface area contributed by atoms with E-state index in [0.29, 0.717) is 33.5 Å². The minimum absolute atomic E-state index is 0.0702. The number of benzene rings is 2. The van der Waals surface area contributed by atoms with Gasteiger partial charge in [-0.3, -0.25) is 9.59 Å². The van der Waals surface area contributed by atoms with Gasteiger partial charge in [0.15, 0.2) is 0 Å². The van der Waals surface area contributed by atoms with Crippen LogP contribution in [0.3, 0.4) is 0 Å². The van der Waals surface area contributed by atoms with Gasteiger partial charge >= 0.3 is 0 Å². The minimum Gasteiger partial charge on any atom is -0.495 e. The van der Waals surface area contributed by atoms with Crippen molar-refractivity contribution in [2.24, 2.45) is 5.73 Å². The second-order valence-corrected chi connectivity index (χ2v) is 5.86. The van der Waals surface area contributed by atoms with Gasteiger partial charge in [-0.2, -0.15) is 0 Å². The van der Waals surface area contributed by atoms with Gasteiger partial charge in [-0.05, 0) is 18.6 Å². The van der Waals surface area contributed by atoms with E-state index >= 15 is 0 Å². The first kappa shape index (κ1) is 19.4. The van der Waals surface area contributed by atoms with Gasteiger partial charge in [-0.15, -0.1) is 0 Å². The van der Waals surface area contributed by atoms with Crippen LogP contribution in [0.1, 0.15) is 15.9 Å². The van der Waals surface area contributed by atoms with E-state index < -0.39 is 5.91 Å². The molecule has 0 spiro atoms. The molecular formula is C18H20ClN3O4. The van der Waals surface area contributed by atoms with Gasteiger partial charge in [-0.1, -0.05) is 23.7 Å². The summed E-state index contributed by atoms with van der Waals surface area (Å²) in [5.74, 6) is -0.101. The number of nitrogens with two attached hydrogens (primary N) is 1. The maximum atomic E-state index is 12.3. The lowest BCUT2D eigenvalue weighted by molar-refractivity contribution is -0.114. The number of amides is 2. The number of halogens is 1. The molecule has 8 heteroatoms. The number of ether oxygens (including phenoxy) is 2. The first-order valence-electron chi connectivity index (χ1n) is 7.72. The second-order valence-electron chi connectivity index (χ2n) is 5.45. The number of carbonyl (C=O) groups excluding carboxylic acids is 2. The Labute approximate surface area is 156 Å². The Kier molecular flexibility index (Phi) is 6.30. The van der Waals surface area contributed by atoms with E-state index in [9.17, 15) is 9.59 Å². The standard InChI is InChI=1S/C18H20ClN3O4/c1-10-5-4-6-11(18(20)24)17(10)21-9-16(23)22-13-8-14(25-2)12(19)7-15(13)26-3/h4-8,21H,9H2,1-3H3,(H2,20,24)(H,22,23). The molecule has 0 aliphatic rings. The summed E-state index contributed by atoms with van der Waals surface area (Å²) in [4.78, 5) is 23.8. The Bertz CT molecular complexity index is 839. The predicted molar refractivity (Wildman–Crippen MR) is 101 cm³/mol. The molecule has 0 aliphatic heterocycles. The van der Waals surface area contributed by atoms with Crippen molar-refractivity contribution in [2.75, 3.05) is 31.4 Å². The number of anilines is 2. The number of para-hydroxylation sites is 1. The molecule has 4 N–H and O–H groups in total. The molecule has 2 aromatic rings. The van der Waals surface area contributed by atoms with Gasteiger partial charge in [0, 0.05) is 12.1 Å². The molecule has 0 fully saturated rings. The monoisotopic (exact) mass is 377 g/mol. The minimum atomic E-state index is -0.569. The van der Waals surface area contributed by atoms with Crippen LogP contribution in [-0.4, -0.2) is 32.6 Å². The Morgan fingerprint density at radius 3 is 2.46 bits per heavy atom. The SMILES string of the molecule is COc1cc(NC(=O)CNc2c(C)cccc2C(N)=O)c(OC)cc1Cl. The van der Waals surface area contributed by atoms with Crippen LogP contribution in [0.2, 0.25) is 5.02 Å². The van der Waals surface area contributed by atoms with E-state index in [1.54, 1.807) is 24.3 Å². The molecule has 0 aromatic heterocycles. The van der Waals surface area contributed by atoms with E-state index in [4.69, 9.17) is 26.8 Å². The molecule has 2 rings (SSSR count). The van der Waals surface area contributed by atoms with Crippen LogP contribution < -0.4 is 25.8 Å². The smallest absolute Gasteiger partial charge is 0.250 e. The molecule has 0 heterocycles. The topological polar surface area (TPSA) is 103 Å². The van der Waals surface area contributed by atoms with Crippen LogP contribution in [0.15, 0.2) is 30.3 Å². The van der Waals surface area contributed by atoms with Crippen LogP contribution in [0.25, 0.3) is 0 Å².